The third-order valence-corrected chi connectivity index (χ3v) is 6.07. The highest BCUT2D eigenvalue weighted by Crippen LogP contribution is 2.35. The van der Waals surface area contributed by atoms with Crippen molar-refractivity contribution in [1.29, 1.82) is 0 Å². The van der Waals surface area contributed by atoms with Gasteiger partial charge in [-0.15, -0.1) is 16.4 Å². The highest BCUT2D eigenvalue weighted by Gasteiger charge is 2.24. The molecular weight excluding hydrogens is 376 g/mol. The predicted octanol–water partition coefficient (Wildman–Crippen LogP) is 3.02. The van der Waals surface area contributed by atoms with Gasteiger partial charge in [-0.3, -0.25) is 9.59 Å². The Labute approximate surface area is 166 Å². The number of nitrogens with zero attached hydrogens (tertiary/aromatic N) is 3. The normalized spacial score (nSPS) is 16.0. The molecule has 0 bridgehead atoms. The van der Waals surface area contributed by atoms with E-state index in [4.69, 9.17) is 4.74 Å². The number of aromatic nitrogens is 3. The molecule has 0 saturated heterocycles. The highest BCUT2D eigenvalue weighted by molar-refractivity contribution is 7.18. The molecule has 2 aromatic heterocycles. The minimum absolute atomic E-state index is 0.171. The van der Waals surface area contributed by atoms with E-state index in [0.29, 0.717) is 28.4 Å². The third kappa shape index (κ3) is 3.64. The van der Waals surface area contributed by atoms with Gasteiger partial charge in [-0.05, 0) is 61.9 Å². The van der Waals surface area contributed by atoms with Crippen molar-refractivity contribution in [2.45, 2.75) is 39.7 Å². The molecule has 0 saturated carbocycles. The molecule has 3 aromatic rings. The Morgan fingerprint density at radius 1 is 1.36 bits per heavy atom. The molecule has 1 amide bonds. The van der Waals surface area contributed by atoms with Crippen LogP contribution in [-0.2, 0) is 24.2 Å². The average molecular weight is 398 g/mol. The number of hydrogen-bond acceptors (Lipinski definition) is 6. The molecule has 4 rings (SSSR count). The van der Waals surface area contributed by atoms with Gasteiger partial charge >= 0.3 is 0 Å². The van der Waals surface area contributed by atoms with E-state index in [9.17, 15) is 9.59 Å². The van der Waals surface area contributed by atoms with Crippen LogP contribution in [0.3, 0.4) is 0 Å². The van der Waals surface area contributed by atoms with E-state index in [2.05, 4.69) is 22.6 Å². The Kier molecular flexibility index (Phi) is 5.13. The smallest absolute Gasteiger partial charge is 0.279 e. The number of benzene rings is 1. The molecule has 146 valence electrons. The zero-order valence-electron chi connectivity index (χ0n) is 15.9. The van der Waals surface area contributed by atoms with Crippen LogP contribution in [0.15, 0.2) is 29.1 Å². The van der Waals surface area contributed by atoms with Crippen molar-refractivity contribution in [1.82, 2.24) is 15.0 Å². The molecule has 0 spiro atoms. The van der Waals surface area contributed by atoms with Gasteiger partial charge in [-0.1, -0.05) is 12.1 Å². The molecule has 1 N–H and O–H groups in total. The van der Waals surface area contributed by atoms with Crippen molar-refractivity contribution in [2.24, 2.45) is 5.92 Å². The maximum Gasteiger partial charge on any atom is 0.279 e. The van der Waals surface area contributed by atoms with Gasteiger partial charge in [-0.2, -0.15) is 0 Å². The van der Waals surface area contributed by atoms with Gasteiger partial charge in [0.25, 0.3) is 5.56 Å². The molecule has 7 nitrogen and oxygen atoms in total. The van der Waals surface area contributed by atoms with Crippen LogP contribution in [0.5, 0.6) is 5.75 Å². The number of thiophene rings is 1. The summed E-state index contributed by atoms with van der Waals surface area (Å²) in [6, 6.07) is 7.10. The maximum absolute atomic E-state index is 12.9. The summed E-state index contributed by atoms with van der Waals surface area (Å²) in [5.74, 6) is 1.04. The van der Waals surface area contributed by atoms with E-state index in [1.165, 1.54) is 4.88 Å². The minimum atomic E-state index is -0.322. The molecule has 0 aliphatic heterocycles. The van der Waals surface area contributed by atoms with Crippen molar-refractivity contribution < 1.29 is 9.53 Å². The van der Waals surface area contributed by atoms with Gasteiger partial charge in [0, 0.05) is 10.6 Å². The monoisotopic (exact) mass is 398 g/mol. The third-order valence-electron chi connectivity index (χ3n) is 4.93. The molecule has 1 aliphatic carbocycles. The Morgan fingerprint density at radius 2 is 2.14 bits per heavy atom. The fourth-order valence-corrected chi connectivity index (χ4v) is 4.85. The lowest BCUT2D eigenvalue weighted by molar-refractivity contribution is -0.117. The lowest BCUT2D eigenvalue weighted by atomic mass is 9.89. The first-order chi connectivity index (χ1) is 13.5. The summed E-state index contributed by atoms with van der Waals surface area (Å²) >= 11 is 1.55. The number of rotatable bonds is 5. The number of fused-ring (bicyclic) bond motifs is 3. The van der Waals surface area contributed by atoms with Crippen LogP contribution < -0.4 is 15.6 Å². The first-order valence-corrected chi connectivity index (χ1v) is 10.3. The highest BCUT2D eigenvalue weighted by atomic mass is 32.1. The quantitative estimate of drug-likeness (QED) is 0.714. The molecule has 1 aliphatic rings. The lowest BCUT2D eigenvalue weighted by Crippen LogP contribution is -2.30. The van der Waals surface area contributed by atoms with Gasteiger partial charge in [0.05, 0.1) is 12.0 Å². The first kappa shape index (κ1) is 18.6. The summed E-state index contributed by atoms with van der Waals surface area (Å²) < 4.78 is 6.54. The van der Waals surface area contributed by atoms with E-state index < -0.39 is 0 Å². The number of hydrogen-bond donors (Lipinski definition) is 1. The molecule has 28 heavy (non-hydrogen) atoms. The van der Waals surface area contributed by atoms with Crippen LogP contribution in [0.4, 0.5) is 5.69 Å². The van der Waals surface area contributed by atoms with E-state index >= 15 is 0 Å². The van der Waals surface area contributed by atoms with Gasteiger partial charge in [0.15, 0.2) is 4.83 Å². The van der Waals surface area contributed by atoms with Gasteiger partial charge in [-0.25, -0.2) is 4.68 Å². The van der Waals surface area contributed by atoms with Crippen molar-refractivity contribution in [3.63, 3.8) is 0 Å². The number of anilines is 1. The van der Waals surface area contributed by atoms with Crippen LogP contribution in [-0.4, -0.2) is 27.5 Å². The van der Waals surface area contributed by atoms with Gasteiger partial charge < -0.3 is 10.1 Å². The molecular formula is C20H22N4O3S. The van der Waals surface area contributed by atoms with E-state index in [1.54, 1.807) is 35.6 Å². The Morgan fingerprint density at radius 3 is 2.89 bits per heavy atom. The SMILES string of the molecule is CCOc1ccc(NC(=O)Cn2nnc3sc4c(c3c2=O)CC[C@H](C)C4)cc1. The molecule has 1 atom stereocenters. The summed E-state index contributed by atoms with van der Waals surface area (Å²) in [5, 5.41) is 11.6. The minimum Gasteiger partial charge on any atom is -0.494 e. The molecule has 1 aromatic carbocycles. The van der Waals surface area contributed by atoms with Crippen LogP contribution >= 0.6 is 11.3 Å². The second-order valence-corrected chi connectivity index (χ2v) is 8.17. The number of carbonyl (C=O) groups is 1. The topological polar surface area (TPSA) is 86.1 Å². The van der Waals surface area contributed by atoms with Crippen molar-refractivity contribution in [2.75, 3.05) is 11.9 Å². The summed E-state index contributed by atoms with van der Waals surface area (Å²) in [6.45, 7) is 4.55. The molecule has 8 heteroatoms. The van der Waals surface area contributed by atoms with E-state index in [-0.39, 0.29) is 18.0 Å². The average Bonchev–Trinajstić information content (AvgIpc) is 3.04. The standard InChI is InChI=1S/C20H22N4O3S/c1-3-27-14-7-5-13(6-8-14)21-17(25)11-24-20(26)18-15-9-4-12(2)10-16(15)28-19(18)22-23-24/h5-8,12H,3-4,9-11H2,1-2H3,(H,21,25)/t12-/m0/s1. The number of aryl methyl sites for hydroxylation is 1. The van der Waals surface area contributed by atoms with Crippen LogP contribution in [0, 0.1) is 5.92 Å². The Balaban J connectivity index is 1.53. The molecule has 0 radical (unpaired) electrons. The van der Waals surface area contributed by atoms with E-state index in [0.717, 1.165) is 35.3 Å². The maximum atomic E-state index is 12.9. The van der Waals surface area contributed by atoms with Crippen molar-refractivity contribution >= 4 is 33.1 Å². The summed E-state index contributed by atoms with van der Waals surface area (Å²) in [5.41, 5.74) is 1.50. The number of ether oxygens (including phenoxy) is 1. The number of amides is 1. The number of carbonyl (C=O) groups excluding carboxylic acids is 1. The Hall–Kier alpha value is -2.74. The lowest BCUT2D eigenvalue weighted by Gasteiger charge is -2.17. The fourth-order valence-electron chi connectivity index (χ4n) is 3.53. The second-order valence-electron chi connectivity index (χ2n) is 7.09. The zero-order chi connectivity index (χ0) is 19.7. The largest absolute Gasteiger partial charge is 0.494 e. The summed E-state index contributed by atoms with van der Waals surface area (Å²) in [4.78, 5) is 27.2. The molecule has 2 heterocycles. The summed E-state index contributed by atoms with van der Waals surface area (Å²) in [7, 11) is 0. The van der Waals surface area contributed by atoms with Crippen molar-refractivity contribution in [3.8, 4) is 5.75 Å². The fraction of sp³-hybridized carbons (Fsp3) is 0.400. The number of nitrogens with one attached hydrogen (secondary N) is 1. The van der Waals surface area contributed by atoms with Gasteiger partial charge in [0.1, 0.15) is 12.3 Å². The van der Waals surface area contributed by atoms with Crippen LogP contribution in [0.2, 0.25) is 0 Å². The van der Waals surface area contributed by atoms with Crippen LogP contribution in [0.1, 0.15) is 30.7 Å². The summed E-state index contributed by atoms with van der Waals surface area (Å²) in [6.07, 6.45) is 2.93. The van der Waals surface area contributed by atoms with Crippen LogP contribution in [0.25, 0.3) is 10.2 Å². The first-order valence-electron chi connectivity index (χ1n) is 9.46. The molecule has 0 unspecified atom stereocenters. The Bertz CT molecular complexity index is 1070. The zero-order valence-corrected chi connectivity index (χ0v) is 16.7. The second kappa shape index (κ2) is 7.71. The molecule has 0 fully saturated rings. The predicted molar refractivity (Wildman–Crippen MR) is 109 cm³/mol. The van der Waals surface area contributed by atoms with Crippen molar-refractivity contribution in [3.05, 3.63) is 45.1 Å². The van der Waals surface area contributed by atoms with E-state index in [1.807, 2.05) is 6.92 Å². The van der Waals surface area contributed by atoms with Gasteiger partial charge in [0.2, 0.25) is 5.91 Å².